The minimum absolute atomic E-state index is 0.0193. The van der Waals surface area contributed by atoms with Crippen LogP contribution < -0.4 is 0 Å². The summed E-state index contributed by atoms with van der Waals surface area (Å²) in [6, 6.07) is 7.12. The average molecular weight is 430 g/mol. The Balaban J connectivity index is 1.45. The average Bonchev–Trinajstić information content (AvgIpc) is 3.25. The quantitative estimate of drug-likeness (QED) is 0.265. The molecule has 0 saturated heterocycles. The number of aromatic hydroxyl groups is 2. The predicted octanol–water partition coefficient (Wildman–Crippen LogP) is 7.03. The summed E-state index contributed by atoms with van der Waals surface area (Å²) in [6.07, 6.45) is 14.2. The van der Waals surface area contributed by atoms with Gasteiger partial charge in [-0.2, -0.15) is 0 Å². The maximum atomic E-state index is 12.0. The van der Waals surface area contributed by atoms with E-state index in [0.717, 1.165) is 17.7 Å². The van der Waals surface area contributed by atoms with Gasteiger partial charge >= 0.3 is 0 Å². The van der Waals surface area contributed by atoms with Gasteiger partial charge < -0.3 is 10.2 Å². The van der Waals surface area contributed by atoms with E-state index in [0.29, 0.717) is 29.0 Å². The van der Waals surface area contributed by atoms with Crippen molar-refractivity contribution in [2.24, 2.45) is 0 Å². The van der Waals surface area contributed by atoms with Crippen molar-refractivity contribution in [2.45, 2.75) is 88.9 Å². The van der Waals surface area contributed by atoms with Crippen LogP contribution in [0.5, 0.6) is 11.8 Å². The monoisotopic (exact) mass is 429 g/mol. The van der Waals surface area contributed by atoms with Gasteiger partial charge in [-0.05, 0) is 30.2 Å². The zero-order chi connectivity index (χ0) is 21.3. The largest absolute Gasteiger partial charge is 0.494 e. The minimum atomic E-state index is 0.0193. The number of thioether (sulfide) groups is 1. The Bertz CT molecular complexity index is 843. The highest BCUT2D eigenvalue weighted by atomic mass is 32.2. The van der Waals surface area contributed by atoms with Crippen molar-refractivity contribution in [2.75, 3.05) is 5.75 Å². The smallest absolute Gasteiger partial charge is 0.212 e. The first-order valence-electron chi connectivity index (χ1n) is 11.6. The van der Waals surface area contributed by atoms with Gasteiger partial charge in [0.1, 0.15) is 0 Å². The fourth-order valence-corrected chi connectivity index (χ4v) is 5.24. The zero-order valence-electron chi connectivity index (χ0n) is 18.2. The van der Waals surface area contributed by atoms with Gasteiger partial charge in [-0.1, -0.05) is 76.8 Å². The van der Waals surface area contributed by atoms with Crippen LogP contribution in [0.4, 0.5) is 0 Å². The number of nitrogens with zero attached hydrogens (tertiary/aromatic N) is 1. The second-order valence-corrected chi connectivity index (χ2v) is 9.42. The Labute approximate surface area is 184 Å². The summed E-state index contributed by atoms with van der Waals surface area (Å²) in [5.74, 6) is 1.15. The minimum Gasteiger partial charge on any atom is -0.494 e. The Hall–Kier alpha value is -1.88. The molecule has 0 radical (unpaired) electrons. The summed E-state index contributed by atoms with van der Waals surface area (Å²) in [4.78, 5) is 12.7. The molecule has 1 heterocycles. The molecule has 0 bridgehead atoms. The molecule has 5 heteroatoms. The standard InChI is InChI=1S/C25H35NO3S/c1-2-3-4-5-6-7-8-9-10-11-17-30-23-18-24(28)26(25(23)29)21-14-12-13-20-19(21)15-16-22(20)27/h12-14,18,28-29H,2-11,15-17H2,1H3. The molecule has 0 aliphatic heterocycles. The lowest BCUT2D eigenvalue weighted by molar-refractivity contribution is 0.0994. The first-order valence-corrected chi connectivity index (χ1v) is 12.5. The van der Waals surface area contributed by atoms with Crippen molar-refractivity contribution < 1.29 is 15.0 Å². The molecular formula is C25H35NO3S. The molecule has 164 valence electrons. The van der Waals surface area contributed by atoms with Gasteiger partial charge in [-0.3, -0.25) is 9.36 Å². The SMILES string of the molecule is CCCCCCCCCCCCSc1cc(O)n(-c2cccc3c2CCC3=O)c1O. The van der Waals surface area contributed by atoms with E-state index in [1.54, 1.807) is 17.8 Å². The lowest BCUT2D eigenvalue weighted by Crippen LogP contribution is -1.99. The molecule has 0 unspecified atom stereocenters. The summed E-state index contributed by atoms with van der Waals surface area (Å²) in [7, 11) is 0. The van der Waals surface area contributed by atoms with Crippen LogP contribution in [0.2, 0.25) is 0 Å². The van der Waals surface area contributed by atoms with Crippen LogP contribution in [-0.2, 0) is 6.42 Å². The third-order valence-corrected chi connectivity index (χ3v) is 7.08. The first kappa shape index (κ1) is 22.8. The van der Waals surface area contributed by atoms with Crippen LogP contribution >= 0.6 is 11.8 Å². The maximum absolute atomic E-state index is 12.0. The number of fused-ring (bicyclic) bond motifs is 1. The summed E-state index contributed by atoms with van der Waals surface area (Å²) < 4.78 is 1.47. The predicted molar refractivity (Wildman–Crippen MR) is 124 cm³/mol. The number of benzene rings is 1. The van der Waals surface area contributed by atoms with E-state index in [9.17, 15) is 15.0 Å². The number of rotatable bonds is 13. The van der Waals surface area contributed by atoms with E-state index in [-0.39, 0.29) is 17.5 Å². The van der Waals surface area contributed by atoms with Gasteiger partial charge in [0, 0.05) is 18.1 Å². The molecule has 3 rings (SSSR count). The van der Waals surface area contributed by atoms with Gasteiger partial charge in [-0.15, -0.1) is 11.8 Å². The Morgan fingerprint density at radius 2 is 1.60 bits per heavy atom. The Morgan fingerprint density at radius 3 is 2.30 bits per heavy atom. The van der Waals surface area contributed by atoms with Crippen LogP contribution in [0.3, 0.4) is 0 Å². The van der Waals surface area contributed by atoms with Gasteiger partial charge in [-0.25, -0.2) is 0 Å². The van der Waals surface area contributed by atoms with Crippen molar-refractivity contribution in [1.82, 2.24) is 4.57 Å². The first-order chi connectivity index (χ1) is 14.6. The number of hydrogen-bond donors (Lipinski definition) is 2. The van der Waals surface area contributed by atoms with E-state index < -0.39 is 0 Å². The lowest BCUT2D eigenvalue weighted by atomic mass is 10.1. The number of unbranched alkanes of at least 4 members (excludes halogenated alkanes) is 9. The molecule has 1 aromatic carbocycles. The highest BCUT2D eigenvalue weighted by Gasteiger charge is 2.25. The second kappa shape index (κ2) is 11.5. The van der Waals surface area contributed by atoms with Gasteiger partial charge in [0.2, 0.25) is 5.88 Å². The van der Waals surface area contributed by atoms with Gasteiger partial charge in [0.25, 0.3) is 0 Å². The molecule has 0 amide bonds. The second-order valence-electron chi connectivity index (χ2n) is 8.28. The summed E-state index contributed by atoms with van der Waals surface area (Å²) in [6.45, 7) is 2.25. The molecule has 2 N–H and O–H groups in total. The van der Waals surface area contributed by atoms with Crippen LogP contribution in [0.25, 0.3) is 5.69 Å². The number of hydrogen-bond acceptors (Lipinski definition) is 4. The molecule has 0 atom stereocenters. The van der Waals surface area contributed by atoms with Gasteiger partial charge in [0.15, 0.2) is 11.7 Å². The Morgan fingerprint density at radius 1 is 0.933 bits per heavy atom. The van der Waals surface area contributed by atoms with Crippen molar-refractivity contribution in [3.05, 3.63) is 35.4 Å². The fraction of sp³-hybridized carbons (Fsp3) is 0.560. The van der Waals surface area contributed by atoms with E-state index in [4.69, 9.17) is 0 Å². The topological polar surface area (TPSA) is 62.5 Å². The molecule has 1 aromatic heterocycles. The zero-order valence-corrected chi connectivity index (χ0v) is 19.0. The molecule has 0 spiro atoms. The summed E-state index contributed by atoms with van der Waals surface area (Å²) in [5, 5.41) is 21.2. The highest BCUT2D eigenvalue weighted by molar-refractivity contribution is 7.99. The van der Waals surface area contributed by atoms with E-state index >= 15 is 0 Å². The Kier molecular flexibility index (Phi) is 8.74. The number of carbonyl (C=O) groups excluding carboxylic acids is 1. The maximum Gasteiger partial charge on any atom is 0.212 e. The molecule has 4 nitrogen and oxygen atoms in total. The molecular weight excluding hydrogens is 394 g/mol. The van der Waals surface area contributed by atoms with Gasteiger partial charge in [0.05, 0.1) is 10.6 Å². The number of Topliss-reactive ketones (excluding diaryl/α,β-unsaturated/α-hetero) is 1. The number of aromatic nitrogens is 1. The molecule has 0 fully saturated rings. The van der Waals surface area contributed by atoms with Crippen molar-refractivity contribution in [1.29, 1.82) is 0 Å². The lowest BCUT2D eigenvalue weighted by Gasteiger charge is -2.11. The fourth-order valence-electron chi connectivity index (χ4n) is 4.26. The summed E-state index contributed by atoms with van der Waals surface area (Å²) >= 11 is 1.59. The highest BCUT2D eigenvalue weighted by Crippen LogP contribution is 2.40. The van der Waals surface area contributed by atoms with E-state index in [2.05, 4.69) is 6.92 Å². The van der Waals surface area contributed by atoms with E-state index in [1.165, 1.54) is 62.4 Å². The normalized spacial score (nSPS) is 13.2. The van der Waals surface area contributed by atoms with Crippen LogP contribution in [0.15, 0.2) is 29.2 Å². The third-order valence-electron chi connectivity index (χ3n) is 5.97. The van der Waals surface area contributed by atoms with Crippen LogP contribution in [-0.4, -0.2) is 26.3 Å². The number of carbonyl (C=O) groups is 1. The van der Waals surface area contributed by atoms with Crippen LogP contribution in [0, 0.1) is 0 Å². The molecule has 2 aromatic rings. The van der Waals surface area contributed by atoms with Crippen LogP contribution in [0.1, 0.15) is 93.5 Å². The van der Waals surface area contributed by atoms with Crippen molar-refractivity contribution >= 4 is 17.5 Å². The van der Waals surface area contributed by atoms with E-state index in [1.807, 2.05) is 18.2 Å². The summed E-state index contributed by atoms with van der Waals surface area (Å²) in [5.41, 5.74) is 2.33. The van der Waals surface area contributed by atoms with Crippen molar-refractivity contribution in [3.63, 3.8) is 0 Å². The molecule has 1 aliphatic rings. The molecule has 1 aliphatic carbocycles. The number of ketones is 1. The third kappa shape index (κ3) is 5.63. The molecule has 0 saturated carbocycles. The van der Waals surface area contributed by atoms with Crippen molar-refractivity contribution in [3.8, 4) is 17.4 Å². The molecule has 30 heavy (non-hydrogen) atoms.